The number of carbonyl (C=O) groups is 1. The first-order valence-electron chi connectivity index (χ1n) is 4.46. The predicted molar refractivity (Wildman–Crippen MR) is 45.5 cm³/mol. The van der Waals surface area contributed by atoms with Crippen LogP contribution in [-0.4, -0.2) is 18.4 Å². The number of Topliss-reactive ketones (excluding diaryl/α,β-unsaturated/α-hetero) is 1. The first-order valence-corrected chi connectivity index (χ1v) is 4.46. The molecule has 1 N–H and O–H groups in total. The quantitative estimate of drug-likeness (QED) is 0.666. The molecule has 0 saturated heterocycles. The van der Waals surface area contributed by atoms with Crippen molar-refractivity contribution in [1.29, 1.82) is 0 Å². The van der Waals surface area contributed by atoms with E-state index in [1.165, 1.54) is 0 Å². The van der Waals surface area contributed by atoms with Gasteiger partial charge in [-0.15, -0.1) is 0 Å². The third kappa shape index (κ3) is 2.62. The molecule has 64 valence electrons. The fourth-order valence-electron chi connectivity index (χ4n) is 1.41. The molecule has 1 atom stereocenters. The molecular weight excluding hydrogens is 138 g/mol. The van der Waals surface area contributed by atoms with Crippen LogP contribution in [0.5, 0.6) is 0 Å². The van der Waals surface area contributed by atoms with Crippen molar-refractivity contribution >= 4 is 5.78 Å². The third-order valence-corrected chi connectivity index (χ3v) is 2.08. The fourth-order valence-corrected chi connectivity index (χ4v) is 1.41. The maximum atomic E-state index is 11.1. The smallest absolute Gasteiger partial charge is 0.149 e. The molecule has 0 aromatic heterocycles. The maximum Gasteiger partial charge on any atom is 0.149 e. The second-order valence-corrected chi connectivity index (χ2v) is 3.71. The monoisotopic (exact) mass is 155 g/mol. The SMILES string of the molecule is CC(C)CN[C@@H]1CCCC1=O. The van der Waals surface area contributed by atoms with Crippen molar-refractivity contribution < 1.29 is 4.79 Å². The molecule has 1 aliphatic rings. The van der Waals surface area contributed by atoms with Gasteiger partial charge in [0.2, 0.25) is 0 Å². The van der Waals surface area contributed by atoms with E-state index in [-0.39, 0.29) is 6.04 Å². The molecule has 1 saturated carbocycles. The lowest BCUT2D eigenvalue weighted by Gasteiger charge is -2.12. The summed E-state index contributed by atoms with van der Waals surface area (Å²) in [7, 11) is 0. The van der Waals surface area contributed by atoms with Crippen LogP contribution in [0.15, 0.2) is 0 Å². The molecule has 0 aromatic carbocycles. The van der Waals surface area contributed by atoms with Gasteiger partial charge in [-0.3, -0.25) is 4.79 Å². The molecule has 2 heteroatoms. The zero-order valence-electron chi connectivity index (χ0n) is 7.39. The van der Waals surface area contributed by atoms with Gasteiger partial charge in [-0.2, -0.15) is 0 Å². The van der Waals surface area contributed by atoms with Crippen LogP contribution in [-0.2, 0) is 4.79 Å². The summed E-state index contributed by atoms with van der Waals surface area (Å²) in [6, 6.07) is 0.178. The molecular formula is C9H17NO. The zero-order chi connectivity index (χ0) is 8.27. The molecule has 0 heterocycles. The summed E-state index contributed by atoms with van der Waals surface area (Å²) < 4.78 is 0. The zero-order valence-corrected chi connectivity index (χ0v) is 7.39. The van der Waals surface area contributed by atoms with E-state index in [0.717, 1.165) is 25.8 Å². The van der Waals surface area contributed by atoms with E-state index in [0.29, 0.717) is 11.7 Å². The summed E-state index contributed by atoms with van der Waals surface area (Å²) in [5.74, 6) is 1.05. The van der Waals surface area contributed by atoms with Crippen molar-refractivity contribution in [2.75, 3.05) is 6.54 Å². The minimum Gasteiger partial charge on any atom is -0.307 e. The average Bonchev–Trinajstić information content (AvgIpc) is 2.31. The summed E-state index contributed by atoms with van der Waals surface area (Å²) in [6.45, 7) is 5.29. The van der Waals surface area contributed by atoms with Crippen LogP contribution >= 0.6 is 0 Å². The minimum absolute atomic E-state index is 0.178. The Kier molecular flexibility index (Phi) is 3.06. The van der Waals surface area contributed by atoms with Crippen molar-refractivity contribution in [2.24, 2.45) is 5.92 Å². The largest absolute Gasteiger partial charge is 0.307 e. The van der Waals surface area contributed by atoms with Gasteiger partial charge in [-0.25, -0.2) is 0 Å². The van der Waals surface area contributed by atoms with E-state index < -0.39 is 0 Å². The lowest BCUT2D eigenvalue weighted by Crippen LogP contribution is -2.34. The van der Waals surface area contributed by atoms with Crippen LogP contribution in [0.4, 0.5) is 0 Å². The number of hydrogen-bond acceptors (Lipinski definition) is 2. The van der Waals surface area contributed by atoms with Gasteiger partial charge in [0.05, 0.1) is 6.04 Å². The van der Waals surface area contributed by atoms with Crippen LogP contribution in [0.25, 0.3) is 0 Å². The Balaban J connectivity index is 2.20. The van der Waals surface area contributed by atoms with Gasteiger partial charge in [-0.05, 0) is 25.3 Å². The molecule has 0 unspecified atom stereocenters. The van der Waals surface area contributed by atoms with Crippen molar-refractivity contribution in [3.8, 4) is 0 Å². The predicted octanol–water partition coefficient (Wildman–Crippen LogP) is 1.35. The number of rotatable bonds is 3. The van der Waals surface area contributed by atoms with Gasteiger partial charge >= 0.3 is 0 Å². The maximum absolute atomic E-state index is 11.1. The second-order valence-electron chi connectivity index (χ2n) is 3.71. The molecule has 0 amide bonds. The summed E-state index contributed by atoms with van der Waals surface area (Å²) >= 11 is 0. The van der Waals surface area contributed by atoms with Crippen LogP contribution in [0.1, 0.15) is 33.1 Å². The normalized spacial score (nSPS) is 25.0. The number of ketones is 1. The lowest BCUT2D eigenvalue weighted by atomic mass is 10.2. The molecule has 2 nitrogen and oxygen atoms in total. The summed E-state index contributed by atoms with van der Waals surface area (Å²) in [4.78, 5) is 11.1. The Hall–Kier alpha value is -0.370. The molecule has 1 aliphatic carbocycles. The summed E-state index contributed by atoms with van der Waals surface area (Å²) in [5.41, 5.74) is 0. The van der Waals surface area contributed by atoms with Gasteiger partial charge in [0.1, 0.15) is 5.78 Å². The van der Waals surface area contributed by atoms with Crippen LogP contribution < -0.4 is 5.32 Å². The van der Waals surface area contributed by atoms with Gasteiger partial charge in [-0.1, -0.05) is 13.8 Å². The Labute approximate surface area is 68.4 Å². The lowest BCUT2D eigenvalue weighted by molar-refractivity contribution is -0.119. The van der Waals surface area contributed by atoms with Crippen molar-refractivity contribution in [1.82, 2.24) is 5.32 Å². The number of nitrogens with one attached hydrogen (secondary N) is 1. The Bertz CT molecular complexity index is 142. The molecule has 0 radical (unpaired) electrons. The first-order chi connectivity index (χ1) is 5.20. The van der Waals surface area contributed by atoms with Gasteiger partial charge in [0, 0.05) is 6.42 Å². The van der Waals surface area contributed by atoms with Crippen molar-refractivity contribution in [2.45, 2.75) is 39.2 Å². The van der Waals surface area contributed by atoms with Crippen LogP contribution in [0.3, 0.4) is 0 Å². The van der Waals surface area contributed by atoms with E-state index in [4.69, 9.17) is 0 Å². The third-order valence-electron chi connectivity index (χ3n) is 2.08. The Morgan fingerprint density at radius 1 is 1.64 bits per heavy atom. The van der Waals surface area contributed by atoms with E-state index in [2.05, 4.69) is 19.2 Å². The van der Waals surface area contributed by atoms with Crippen molar-refractivity contribution in [3.63, 3.8) is 0 Å². The average molecular weight is 155 g/mol. The van der Waals surface area contributed by atoms with E-state index in [1.54, 1.807) is 0 Å². The topological polar surface area (TPSA) is 29.1 Å². The highest BCUT2D eigenvalue weighted by Crippen LogP contribution is 2.14. The van der Waals surface area contributed by atoms with Crippen molar-refractivity contribution in [3.05, 3.63) is 0 Å². The summed E-state index contributed by atoms with van der Waals surface area (Å²) in [5, 5.41) is 3.28. The molecule has 0 spiro atoms. The Morgan fingerprint density at radius 3 is 2.82 bits per heavy atom. The highest BCUT2D eigenvalue weighted by atomic mass is 16.1. The van der Waals surface area contributed by atoms with E-state index >= 15 is 0 Å². The van der Waals surface area contributed by atoms with Crippen LogP contribution in [0, 0.1) is 5.92 Å². The number of hydrogen-bond donors (Lipinski definition) is 1. The molecule has 0 aromatic rings. The first kappa shape index (κ1) is 8.72. The van der Waals surface area contributed by atoms with Gasteiger partial charge in [0.15, 0.2) is 0 Å². The highest BCUT2D eigenvalue weighted by molar-refractivity contribution is 5.85. The molecule has 1 fully saturated rings. The minimum atomic E-state index is 0.178. The van der Waals surface area contributed by atoms with E-state index in [1.807, 2.05) is 0 Å². The molecule has 0 aliphatic heterocycles. The molecule has 0 bridgehead atoms. The highest BCUT2D eigenvalue weighted by Gasteiger charge is 2.23. The fraction of sp³-hybridized carbons (Fsp3) is 0.889. The summed E-state index contributed by atoms with van der Waals surface area (Å²) in [6.07, 6.45) is 2.91. The standard InChI is InChI=1S/C9H17NO/c1-7(2)6-10-8-4-3-5-9(8)11/h7-8,10H,3-6H2,1-2H3/t8-/m1/s1. The number of carbonyl (C=O) groups excluding carboxylic acids is 1. The van der Waals surface area contributed by atoms with Crippen LogP contribution in [0.2, 0.25) is 0 Å². The Morgan fingerprint density at radius 2 is 2.36 bits per heavy atom. The van der Waals surface area contributed by atoms with Gasteiger partial charge in [0.25, 0.3) is 0 Å². The molecule has 1 rings (SSSR count). The second kappa shape index (κ2) is 3.86. The van der Waals surface area contributed by atoms with E-state index in [9.17, 15) is 4.79 Å². The molecule has 11 heavy (non-hydrogen) atoms. The van der Waals surface area contributed by atoms with Gasteiger partial charge < -0.3 is 5.32 Å².